The molecule has 0 amide bonds. The first kappa shape index (κ1) is 8.62. The minimum Gasteiger partial charge on any atom is -0.492 e. The van der Waals surface area contributed by atoms with E-state index in [4.69, 9.17) is 10.5 Å². The number of imidazole rings is 1. The number of nitrogen functional groups attached to an aromatic ring is 1. The molecular weight excluding hydrogens is 178 g/mol. The molecule has 0 aliphatic carbocycles. The highest BCUT2D eigenvalue weighted by Gasteiger charge is 2.06. The van der Waals surface area contributed by atoms with Crippen LogP contribution in [0, 0.1) is 0 Å². The third kappa shape index (κ3) is 1.31. The first-order valence-electron chi connectivity index (χ1n) is 4.23. The van der Waals surface area contributed by atoms with Gasteiger partial charge < -0.3 is 15.0 Å². The third-order valence-corrected chi connectivity index (χ3v) is 2.01. The summed E-state index contributed by atoms with van der Waals surface area (Å²) in [5.41, 5.74) is 7.30. The lowest BCUT2D eigenvalue weighted by atomic mass is 10.2. The predicted molar refractivity (Wildman–Crippen MR) is 54.5 cm³/mol. The van der Waals surface area contributed by atoms with Crippen molar-refractivity contribution in [3.05, 3.63) is 36.9 Å². The highest BCUT2D eigenvalue weighted by Crippen LogP contribution is 2.28. The van der Waals surface area contributed by atoms with Gasteiger partial charge in [0.25, 0.3) is 0 Å². The summed E-state index contributed by atoms with van der Waals surface area (Å²) >= 11 is 0. The Morgan fingerprint density at radius 3 is 2.93 bits per heavy atom. The Bertz CT molecular complexity index is 423. The van der Waals surface area contributed by atoms with Gasteiger partial charge in [0.1, 0.15) is 0 Å². The van der Waals surface area contributed by atoms with Gasteiger partial charge in [-0.15, -0.1) is 0 Å². The van der Waals surface area contributed by atoms with Crippen LogP contribution in [0.25, 0.3) is 5.69 Å². The molecule has 0 fully saturated rings. The van der Waals surface area contributed by atoms with Gasteiger partial charge in [0.15, 0.2) is 5.75 Å². The molecule has 0 unspecified atom stereocenters. The van der Waals surface area contributed by atoms with E-state index in [-0.39, 0.29) is 0 Å². The molecular formula is C10H11N3O. The van der Waals surface area contributed by atoms with Gasteiger partial charge in [-0.25, -0.2) is 4.98 Å². The van der Waals surface area contributed by atoms with Crippen molar-refractivity contribution in [1.29, 1.82) is 0 Å². The molecule has 0 bridgehead atoms. The van der Waals surface area contributed by atoms with Crippen LogP contribution in [-0.2, 0) is 0 Å². The molecule has 0 radical (unpaired) electrons. The van der Waals surface area contributed by atoms with Crippen molar-refractivity contribution < 1.29 is 4.74 Å². The van der Waals surface area contributed by atoms with Crippen molar-refractivity contribution in [1.82, 2.24) is 9.55 Å². The molecule has 2 aromatic rings. The molecule has 0 atom stereocenters. The summed E-state index contributed by atoms with van der Waals surface area (Å²) in [7, 11) is 1.60. The zero-order valence-corrected chi connectivity index (χ0v) is 7.84. The molecule has 1 aromatic carbocycles. The van der Waals surface area contributed by atoms with E-state index in [1.807, 2.05) is 22.9 Å². The first-order chi connectivity index (χ1) is 6.83. The van der Waals surface area contributed by atoms with Crippen molar-refractivity contribution in [2.75, 3.05) is 12.8 Å². The monoisotopic (exact) mass is 189 g/mol. The molecule has 1 heterocycles. The van der Waals surface area contributed by atoms with Crippen LogP contribution < -0.4 is 10.5 Å². The van der Waals surface area contributed by atoms with Gasteiger partial charge in [-0.05, 0) is 12.1 Å². The van der Waals surface area contributed by atoms with Gasteiger partial charge in [0.05, 0.1) is 24.8 Å². The normalized spacial score (nSPS) is 10.1. The maximum Gasteiger partial charge on any atom is 0.165 e. The Kier molecular flexibility index (Phi) is 2.10. The van der Waals surface area contributed by atoms with Gasteiger partial charge in [-0.3, -0.25) is 0 Å². The second-order valence-electron chi connectivity index (χ2n) is 2.87. The molecule has 4 heteroatoms. The zero-order valence-electron chi connectivity index (χ0n) is 7.84. The summed E-state index contributed by atoms with van der Waals surface area (Å²) in [4.78, 5) is 3.97. The molecule has 0 spiro atoms. The van der Waals surface area contributed by atoms with Crippen LogP contribution in [0.4, 0.5) is 5.69 Å². The van der Waals surface area contributed by atoms with E-state index in [1.54, 1.807) is 25.7 Å². The number of hydrogen-bond acceptors (Lipinski definition) is 3. The Hall–Kier alpha value is -1.97. The summed E-state index contributed by atoms with van der Waals surface area (Å²) in [5.74, 6) is 0.672. The number of hydrogen-bond donors (Lipinski definition) is 1. The fraction of sp³-hybridized carbons (Fsp3) is 0.100. The summed E-state index contributed by atoms with van der Waals surface area (Å²) in [5, 5.41) is 0. The summed E-state index contributed by atoms with van der Waals surface area (Å²) in [6.45, 7) is 0. The lowest BCUT2D eigenvalue weighted by Crippen LogP contribution is -1.99. The fourth-order valence-electron chi connectivity index (χ4n) is 1.37. The lowest BCUT2D eigenvalue weighted by Gasteiger charge is -2.10. The number of aromatic nitrogens is 2. The van der Waals surface area contributed by atoms with E-state index in [1.165, 1.54) is 0 Å². The van der Waals surface area contributed by atoms with Crippen LogP contribution in [0.3, 0.4) is 0 Å². The second kappa shape index (κ2) is 3.41. The van der Waals surface area contributed by atoms with E-state index >= 15 is 0 Å². The van der Waals surface area contributed by atoms with E-state index in [0.29, 0.717) is 11.4 Å². The van der Waals surface area contributed by atoms with E-state index < -0.39 is 0 Å². The van der Waals surface area contributed by atoms with Crippen molar-refractivity contribution in [3.63, 3.8) is 0 Å². The number of nitrogens with zero attached hydrogens (tertiary/aromatic N) is 2. The Balaban J connectivity index is 2.58. The smallest absolute Gasteiger partial charge is 0.165 e. The average Bonchev–Trinajstić information content (AvgIpc) is 2.70. The highest BCUT2D eigenvalue weighted by atomic mass is 16.5. The van der Waals surface area contributed by atoms with Gasteiger partial charge >= 0.3 is 0 Å². The van der Waals surface area contributed by atoms with Gasteiger partial charge in [0.2, 0.25) is 0 Å². The van der Waals surface area contributed by atoms with Crippen molar-refractivity contribution in [3.8, 4) is 11.4 Å². The van der Waals surface area contributed by atoms with Crippen LogP contribution in [0.2, 0.25) is 0 Å². The molecule has 2 N–H and O–H groups in total. The van der Waals surface area contributed by atoms with E-state index in [9.17, 15) is 0 Å². The molecule has 14 heavy (non-hydrogen) atoms. The van der Waals surface area contributed by atoms with Crippen LogP contribution >= 0.6 is 0 Å². The topological polar surface area (TPSA) is 53.1 Å². The van der Waals surface area contributed by atoms with Crippen LogP contribution in [-0.4, -0.2) is 16.7 Å². The number of nitrogens with two attached hydrogens (primary N) is 1. The molecule has 0 aliphatic rings. The number of anilines is 1. The van der Waals surface area contributed by atoms with Crippen molar-refractivity contribution in [2.24, 2.45) is 0 Å². The fourth-order valence-corrected chi connectivity index (χ4v) is 1.37. The number of benzene rings is 1. The minimum atomic E-state index is 0.624. The second-order valence-corrected chi connectivity index (χ2v) is 2.87. The summed E-state index contributed by atoms with van der Waals surface area (Å²) in [6.07, 6.45) is 5.26. The molecule has 0 saturated heterocycles. The van der Waals surface area contributed by atoms with Gasteiger partial charge in [-0.1, -0.05) is 6.07 Å². The average molecular weight is 189 g/mol. The molecule has 1 aromatic heterocycles. The number of ether oxygens (including phenoxy) is 1. The SMILES string of the molecule is COc1c(N)cccc1-n1ccnc1. The quantitative estimate of drug-likeness (QED) is 0.728. The van der Waals surface area contributed by atoms with Gasteiger partial charge in [0, 0.05) is 12.4 Å². The molecule has 4 nitrogen and oxygen atoms in total. The van der Waals surface area contributed by atoms with E-state index in [0.717, 1.165) is 5.69 Å². The highest BCUT2D eigenvalue weighted by molar-refractivity contribution is 5.63. The maximum absolute atomic E-state index is 5.78. The van der Waals surface area contributed by atoms with Crippen molar-refractivity contribution in [2.45, 2.75) is 0 Å². The lowest BCUT2D eigenvalue weighted by molar-refractivity contribution is 0.415. The molecule has 72 valence electrons. The van der Waals surface area contributed by atoms with E-state index in [2.05, 4.69) is 4.98 Å². The van der Waals surface area contributed by atoms with Crippen molar-refractivity contribution >= 4 is 5.69 Å². The standard InChI is InChI=1S/C10H11N3O/c1-14-10-8(11)3-2-4-9(10)13-6-5-12-7-13/h2-7H,11H2,1H3. The maximum atomic E-state index is 5.78. The predicted octanol–water partition coefficient (Wildman–Crippen LogP) is 1.46. The largest absolute Gasteiger partial charge is 0.492 e. The van der Waals surface area contributed by atoms with Gasteiger partial charge in [-0.2, -0.15) is 0 Å². The Labute approximate surface area is 81.9 Å². The number of para-hydroxylation sites is 1. The van der Waals surface area contributed by atoms with Crippen LogP contribution in [0.1, 0.15) is 0 Å². The summed E-state index contributed by atoms with van der Waals surface area (Å²) in [6, 6.07) is 5.61. The number of rotatable bonds is 2. The molecule has 2 rings (SSSR count). The molecule has 0 aliphatic heterocycles. The van der Waals surface area contributed by atoms with Crippen LogP contribution in [0.5, 0.6) is 5.75 Å². The third-order valence-electron chi connectivity index (χ3n) is 2.01. The zero-order chi connectivity index (χ0) is 9.97. The van der Waals surface area contributed by atoms with Crippen LogP contribution in [0.15, 0.2) is 36.9 Å². The number of methoxy groups -OCH3 is 1. The summed E-state index contributed by atoms with van der Waals surface area (Å²) < 4.78 is 7.08. The molecule has 0 saturated carbocycles. The Morgan fingerprint density at radius 1 is 1.43 bits per heavy atom. The first-order valence-corrected chi connectivity index (χ1v) is 4.23. The minimum absolute atomic E-state index is 0.624. The Morgan fingerprint density at radius 2 is 2.29 bits per heavy atom.